The van der Waals surface area contributed by atoms with E-state index in [4.69, 9.17) is 11.6 Å². The van der Waals surface area contributed by atoms with Gasteiger partial charge in [-0.2, -0.15) is 5.10 Å². The molecule has 56 valence electrons. The molecule has 2 nitrogen and oxygen atoms in total. The molecule has 0 spiro atoms. The molecule has 0 aliphatic carbocycles. The Kier molecular flexibility index (Phi) is 2.33. The Hall–Kier alpha value is -0.500. The maximum atomic E-state index is 5.78. The zero-order valence-electron chi connectivity index (χ0n) is 6.21. The van der Waals surface area contributed by atoms with Gasteiger partial charge in [0.25, 0.3) is 0 Å². The van der Waals surface area contributed by atoms with E-state index in [-0.39, 0.29) is 0 Å². The van der Waals surface area contributed by atoms with Crippen molar-refractivity contribution in [1.29, 1.82) is 0 Å². The minimum Gasteiger partial charge on any atom is -0.254 e. The fourth-order valence-corrected chi connectivity index (χ4v) is 0.966. The summed E-state index contributed by atoms with van der Waals surface area (Å²) >= 11 is 5.78. The van der Waals surface area contributed by atoms with E-state index >= 15 is 0 Å². The van der Waals surface area contributed by atoms with E-state index in [0.717, 1.165) is 6.54 Å². The number of halogens is 1. The van der Waals surface area contributed by atoms with Crippen LogP contribution in [0.5, 0.6) is 0 Å². The second kappa shape index (κ2) is 3.06. The van der Waals surface area contributed by atoms with Crippen molar-refractivity contribution in [3.63, 3.8) is 0 Å². The van der Waals surface area contributed by atoms with Crippen LogP contribution in [0.2, 0.25) is 5.15 Å². The highest BCUT2D eigenvalue weighted by Gasteiger charge is 1.99. The van der Waals surface area contributed by atoms with E-state index < -0.39 is 0 Å². The Bertz CT molecular complexity index is 205. The topological polar surface area (TPSA) is 17.8 Å². The molecule has 0 atom stereocenters. The van der Waals surface area contributed by atoms with E-state index in [9.17, 15) is 0 Å². The third-order valence-electron chi connectivity index (χ3n) is 1.20. The molecule has 3 heteroatoms. The predicted molar refractivity (Wildman–Crippen MR) is 42.1 cm³/mol. The molecular formula is C7H11ClN2. The van der Waals surface area contributed by atoms with Crippen LogP contribution in [0.15, 0.2) is 12.3 Å². The number of rotatable bonds is 2. The van der Waals surface area contributed by atoms with Crippen LogP contribution in [0.25, 0.3) is 0 Å². The summed E-state index contributed by atoms with van der Waals surface area (Å²) in [6.07, 6.45) is 1.71. The standard InChI is InChI=1S/C7H11ClN2/c1-6(2)5-10-7(8)3-4-9-10/h3-4,6H,5H2,1-2H3. The van der Waals surface area contributed by atoms with E-state index in [1.165, 1.54) is 0 Å². The van der Waals surface area contributed by atoms with Crippen LogP contribution in [0.4, 0.5) is 0 Å². The van der Waals surface area contributed by atoms with Gasteiger partial charge in [-0.3, -0.25) is 4.68 Å². The van der Waals surface area contributed by atoms with E-state index in [1.54, 1.807) is 16.9 Å². The molecule has 0 radical (unpaired) electrons. The second-order valence-corrected chi connectivity index (χ2v) is 3.12. The van der Waals surface area contributed by atoms with Gasteiger partial charge >= 0.3 is 0 Å². The van der Waals surface area contributed by atoms with E-state index in [0.29, 0.717) is 11.1 Å². The van der Waals surface area contributed by atoms with Crippen LogP contribution < -0.4 is 0 Å². The van der Waals surface area contributed by atoms with Crippen molar-refractivity contribution in [2.24, 2.45) is 5.92 Å². The Labute approximate surface area is 65.8 Å². The quantitative estimate of drug-likeness (QED) is 0.645. The Morgan fingerprint density at radius 2 is 2.40 bits per heavy atom. The van der Waals surface area contributed by atoms with Crippen molar-refractivity contribution in [3.05, 3.63) is 17.4 Å². The van der Waals surface area contributed by atoms with Crippen LogP contribution in [0, 0.1) is 5.92 Å². The van der Waals surface area contributed by atoms with Gasteiger partial charge in [-0.25, -0.2) is 0 Å². The smallest absolute Gasteiger partial charge is 0.127 e. The first-order valence-electron chi connectivity index (χ1n) is 3.37. The Morgan fingerprint density at radius 3 is 2.80 bits per heavy atom. The van der Waals surface area contributed by atoms with Gasteiger partial charge in [0.05, 0.1) is 6.20 Å². The lowest BCUT2D eigenvalue weighted by Crippen LogP contribution is -2.05. The Balaban J connectivity index is 2.65. The third-order valence-corrected chi connectivity index (χ3v) is 1.52. The SMILES string of the molecule is CC(C)Cn1nccc1Cl. The normalized spacial score (nSPS) is 10.8. The highest BCUT2D eigenvalue weighted by Crippen LogP contribution is 2.08. The van der Waals surface area contributed by atoms with E-state index in [1.807, 2.05) is 0 Å². The molecule has 0 aliphatic heterocycles. The molecule has 0 aromatic carbocycles. The molecule has 0 unspecified atom stereocenters. The van der Waals surface area contributed by atoms with Gasteiger partial charge in [-0.15, -0.1) is 0 Å². The maximum Gasteiger partial charge on any atom is 0.127 e. The first kappa shape index (κ1) is 7.61. The largest absolute Gasteiger partial charge is 0.254 e. The average Bonchev–Trinajstić information content (AvgIpc) is 2.15. The van der Waals surface area contributed by atoms with Crippen LogP contribution in [0.3, 0.4) is 0 Å². The minimum absolute atomic E-state index is 0.595. The number of hydrogen-bond acceptors (Lipinski definition) is 1. The average molecular weight is 159 g/mol. The lowest BCUT2D eigenvalue weighted by Gasteiger charge is -2.04. The fraction of sp³-hybridized carbons (Fsp3) is 0.571. The lowest BCUT2D eigenvalue weighted by molar-refractivity contribution is 0.484. The summed E-state index contributed by atoms with van der Waals surface area (Å²) in [4.78, 5) is 0. The van der Waals surface area contributed by atoms with Gasteiger partial charge in [0.1, 0.15) is 5.15 Å². The molecule has 0 N–H and O–H groups in total. The third kappa shape index (κ3) is 1.74. The van der Waals surface area contributed by atoms with Crippen molar-refractivity contribution in [3.8, 4) is 0 Å². The van der Waals surface area contributed by atoms with Gasteiger partial charge in [-0.05, 0) is 12.0 Å². The molecule has 10 heavy (non-hydrogen) atoms. The van der Waals surface area contributed by atoms with Gasteiger partial charge in [-0.1, -0.05) is 25.4 Å². The molecule has 0 bridgehead atoms. The molecule has 0 saturated heterocycles. The van der Waals surface area contributed by atoms with Gasteiger partial charge in [0, 0.05) is 6.54 Å². The fourth-order valence-electron chi connectivity index (χ4n) is 0.797. The van der Waals surface area contributed by atoms with Gasteiger partial charge < -0.3 is 0 Å². The molecule has 1 aromatic rings. The maximum absolute atomic E-state index is 5.78. The minimum atomic E-state index is 0.595. The summed E-state index contributed by atoms with van der Waals surface area (Å²) in [5, 5.41) is 4.76. The number of aromatic nitrogens is 2. The molecule has 0 fully saturated rings. The van der Waals surface area contributed by atoms with Crippen molar-refractivity contribution < 1.29 is 0 Å². The second-order valence-electron chi connectivity index (χ2n) is 2.73. The molecule has 0 saturated carbocycles. The van der Waals surface area contributed by atoms with Crippen LogP contribution in [0.1, 0.15) is 13.8 Å². The van der Waals surface area contributed by atoms with Crippen LogP contribution in [-0.2, 0) is 6.54 Å². The van der Waals surface area contributed by atoms with Crippen molar-refractivity contribution >= 4 is 11.6 Å². The van der Waals surface area contributed by atoms with Crippen LogP contribution in [-0.4, -0.2) is 9.78 Å². The summed E-state index contributed by atoms with van der Waals surface area (Å²) in [6.45, 7) is 5.17. The predicted octanol–water partition coefficient (Wildman–Crippen LogP) is 2.19. The molecular weight excluding hydrogens is 148 g/mol. The monoisotopic (exact) mass is 158 g/mol. The number of nitrogens with zero attached hydrogens (tertiary/aromatic N) is 2. The highest BCUT2D eigenvalue weighted by atomic mass is 35.5. The highest BCUT2D eigenvalue weighted by molar-refractivity contribution is 6.29. The van der Waals surface area contributed by atoms with Crippen molar-refractivity contribution in [2.45, 2.75) is 20.4 Å². The number of hydrogen-bond donors (Lipinski definition) is 0. The van der Waals surface area contributed by atoms with Crippen molar-refractivity contribution in [1.82, 2.24) is 9.78 Å². The summed E-state index contributed by atoms with van der Waals surface area (Å²) in [6, 6.07) is 1.80. The van der Waals surface area contributed by atoms with E-state index in [2.05, 4.69) is 18.9 Å². The van der Waals surface area contributed by atoms with Gasteiger partial charge in [0.2, 0.25) is 0 Å². The first-order chi connectivity index (χ1) is 4.70. The van der Waals surface area contributed by atoms with Crippen molar-refractivity contribution in [2.75, 3.05) is 0 Å². The first-order valence-corrected chi connectivity index (χ1v) is 3.75. The van der Waals surface area contributed by atoms with Crippen LogP contribution >= 0.6 is 11.6 Å². The van der Waals surface area contributed by atoms with Gasteiger partial charge in [0.15, 0.2) is 0 Å². The summed E-state index contributed by atoms with van der Waals surface area (Å²) in [7, 11) is 0. The zero-order valence-corrected chi connectivity index (χ0v) is 6.97. The molecule has 0 amide bonds. The zero-order chi connectivity index (χ0) is 7.56. The lowest BCUT2D eigenvalue weighted by atomic mass is 10.2. The summed E-state index contributed by atoms with van der Waals surface area (Å²) in [5.41, 5.74) is 0. The molecule has 1 rings (SSSR count). The molecule has 0 aliphatic rings. The molecule has 1 heterocycles. The summed E-state index contributed by atoms with van der Waals surface area (Å²) < 4.78 is 1.80. The summed E-state index contributed by atoms with van der Waals surface area (Å²) in [5.74, 6) is 0.595. The Morgan fingerprint density at radius 1 is 1.70 bits per heavy atom. The molecule has 1 aromatic heterocycles.